The molecule has 1 amide bonds. The van der Waals surface area contributed by atoms with E-state index in [1.54, 1.807) is 0 Å². The summed E-state index contributed by atoms with van der Waals surface area (Å²) < 4.78 is 20.4. The number of rotatable bonds is 5. The van der Waals surface area contributed by atoms with Crippen LogP contribution in [-0.2, 0) is 9.47 Å². The highest BCUT2D eigenvalue weighted by Gasteiger charge is 2.31. The summed E-state index contributed by atoms with van der Waals surface area (Å²) >= 11 is 0. The number of hydrogen-bond acceptors (Lipinski definition) is 7. The van der Waals surface area contributed by atoms with E-state index < -0.39 is 17.2 Å². The molecule has 0 spiro atoms. The third kappa shape index (κ3) is 4.01. The Labute approximate surface area is 132 Å². The minimum atomic E-state index is -1.62. The number of nitrogens with zero attached hydrogens (tertiary/aromatic N) is 2. The van der Waals surface area contributed by atoms with Crippen molar-refractivity contribution in [3.63, 3.8) is 0 Å². The van der Waals surface area contributed by atoms with E-state index in [1.165, 1.54) is 37.3 Å². The topological polar surface area (TPSA) is 100 Å². The van der Waals surface area contributed by atoms with Crippen LogP contribution in [0.2, 0.25) is 0 Å². The van der Waals surface area contributed by atoms with E-state index in [9.17, 15) is 14.9 Å². The molecule has 1 fully saturated rings. The fourth-order valence-corrected chi connectivity index (χ4v) is 2.16. The molecule has 1 aromatic carbocycles. The second kappa shape index (κ2) is 7.63. The molecule has 1 aromatic rings. The Kier molecular flexibility index (Phi) is 5.58. The average molecular weight is 326 g/mol. The SMILES string of the molecule is COc1ccc(C(OC(=O)N2CCOCC2)[N+](=O)[O-])cc1OC. The number of carbonyl (C=O) groups is 1. The van der Waals surface area contributed by atoms with Crippen LogP contribution in [0.5, 0.6) is 11.5 Å². The molecule has 23 heavy (non-hydrogen) atoms. The number of morpholine rings is 1. The molecular formula is C14H18N2O7. The summed E-state index contributed by atoms with van der Waals surface area (Å²) in [6, 6.07) is 4.40. The Morgan fingerprint density at radius 3 is 2.48 bits per heavy atom. The zero-order valence-electron chi connectivity index (χ0n) is 12.9. The molecule has 1 saturated heterocycles. The number of nitro groups is 1. The number of methoxy groups -OCH3 is 2. The van der Waals surface area contributed by atoms with Crippen molar-refractivity contribution in [2.45, 2.75) is 6.23 Å². The van der Waals surface area contributed by atoms with Crippen molar-refractivity contribution < 1.29 is 28.7 Å². The van der Waals surface area contributed by atoms with Gasteiger partial charge in [0.1, 0.15) is 0 Å². The third-order valence-electron chi connectivity index (χ3n) is 3.37. The molecule has 0 bridgehead atoms. The molecule has 9 nitrogen and oxygen atoms in total. The quantitative estimate of drug-likeness (QED) is 0.458. The predicted octanol–water partition coefficient (Wildman–Crippen LogP) is 1.45. The highest BCUT2D eigenvalue weighted by Crippen LogP contribution is 2.31. The first-order chi connectivity index (χ1) is 11.1. The molecule has 1 aliphatic heterocycles. The summed E-state index contributed by atoms with van der Waals surface area (Å²) in [5.41, 5.74) is 0.189. The van der Waals surface area contributed by atoms with Crippen molar-refractivity contribution in [2.24, 2.45) is 0 Å². The van der Waals surface area contributed by atoms with Crippen LogP contribution in [0.25, 0.3) is 0 Å². The van der Waals surface area contributed by atoms with Gasteiger partial charge < -0.3 is 23.8 Å². The van der Waals surface area contributed by atoms with Gasteiger partial charge in [-0.25, -0.2) is 4.79 Å². The van der Waals surface area contributed by atoms with Crippen LogP contribution in [-0.4, -0.2) is 56.4 Å². The van der Waals surface area contributed by atoms with Gasteiger partial charge in [-0.2, -0.15) is 0 Å². The maximum atomic E-state index is 12.1. The first-order valence-corrected chi connectivity index (χ1v) is 6.95. The summed E-state index contributed by atoms with van der Waals surface area (Å²) in [5.74, 6) is 0.747. The van der Waals surface area contributed by atoms with E-state index in [2.05, 4.69) is 0 Å². The van der Waals surface area contributed by atoms with Crippen LogP contribution in [0.1, 0.15) is 11.8 Å². The molecule has 2 rings (SSSR count). The fourth-order valence-electron chi connectivity index (χ4n) is 2.16. The summed E-state index contributed by atoms with van der Waals surface area (Å²) in [5, 5.41) is 11.3. The number of amides is 1. The highest BCUT2D eigenvalue weighted by atomic mass is 16.7. The zero-order chi connectivity index (χ0) is 16.8. The van der Waals surface area contributed by atoms with Crippen molar-refractivity contribution in [3.8, 4) is 11.5 Å². The van der Waals surface area contributed by atoms with Gasteiger partial charge in [0.15, 0.2) is 11.5 Å². The molecule has 1 aliphatic rings. The molecule has 0 saturated carbocycles. The van der Waals surface area contributed by atoms with Crippen molar-refractivity contribution in [1.82, 2.24) is 4.90 Å². The molecule has 126 valence electrons. The highest BCUT2D eigenvalue weighted by molar-refractivity contribution is 5.68. The van der Waals surface area contributed by atoms with Crippen LogP contribution < -0.4 is 9.47 Å². The molecule has 9 heteroatoms. The van der Waals surface area contributed by atoms with Gasteiger partial charge in [0.25, 0.3) is 0 Å². The van der Waals surface area contributed by atoms with Gasteiger partial charge >= 0.3 is 12.3 Å². The monoisotopic (exact) mass is 326 g/mol. The van der Waals surface area contributed by atoms with Crippen LogP contribution >= 0.6 is 0 Å². The smallest absolute Gasteiger partial charge is 0.415 e. The van der Waals surface area contributed by atoms with E-state index in [0.717, 1.165) is 0 Å². The van der Waals surface area contributed by atoms with Crippen molar-refractivity contribution in [3.05, 3.63) is 33.9 Å². The first-order valence-electron chi connectivity index (χ1n) is 6.95. The van der Waals surface area contributed by atoms with E-state index in [4.69, 9.17) is 18.9 Å². The maximum Gasteiger partial charge on any atom is 0.415 e. The van der Waals surface area contributed by atoms with E-state index in [-0.39, 0.29) is 5.56 Å². The number of hydrogen-bond donors (Lipinski definition) is 0. The van der Waals surface area contributed by atoms with Gasteiger partial charge in [-0.15, -0.1) is 0 Å². The molecular weight excluding hydrogens is 308 g/mol. The lowest BCUT2D eigenvalue weighted by atomic mass is 10.2. The van der Waals surface area contributed by atoms with Gasteiger partial charge in [-0.1, -0.05) is 0 Å². The van der Waals surface area contributed by atoms with Gasteiger partial charge in [0, 0.05) is 13.1 Å². The normalized spacial score (nSPS) is 15.7. The summed E-state index contributed by atoms with van der Waals surface area (Å²) in [6.45, 7) is 1.45. The van der Waals surface area contributed by atoms with Crippen LogP contribution in [0.3, 0.4) is 0 Å². The second-order valence-electron chi connectivity index (χ2n) is 4.74. The lowest BCUT2D eigenvalue weighted by molar-refractivity contribution is -0.575. The molecule has 1 unspecified atom stereocenters. The van der Waals surface area contributed by atoms with Gasteiger partial charge in [-0.3, -0.25) is 10.1 Å². The van der Waals surface area contributed by atoms with Gasteiger partial charge in [0.2, 0.25) is 0 Å². The largest absolute Gasteiger partial charge is 0.493 e. The standard InChI is InChI=1S/C14H18N2O7/c1-20-11-4-3-10(9-12(11)21-2)13(16(18)19)23-14(17)15-5-7-22-8-6-15/h3-4,9,13H,5-8H2,1-2H3. The fraction of sp³-hybridized carbons (Fsp3) is 0.500. The minimum Gasteiger partial charge on any atom is -0.493 e. The summed E-state index contributed by atoms with van der Waals surface area (Å²) in [6.07, 6.45) is -2.37. The second-order valence-corrected chi connectivity index (χ2v) is 4.74. The molecule has 0 N–H and O–H groups in total. The number of ether oxygens (including phenoxy) is 4. The van der Waals surface area contributed by atoms with E-state index in [1.807, 2.05) is 0 Å². The molecule has 0 radical (unpaired) electrons. The average Bonchev–Trinajstić information content (AvgIpc) is 2.59. The van der Waals surface area contributed by atoms with E-state index in [0.29, 0.717) is 37.8 Å². The first kappa shape index (κ1) is 16.8. The summed E-state index contributed by atoms with van der Waals surface area (Å²) in [4.78, 5) is 24.0. The molecule has 0 aromatic heterocycles. The van der Waals surface area contributed by atoms with Gasteiger partial charge in [-0.05, 0) is 18.2 Å². The molecule has 1 heterocycles. The van der Waals surface area contributed by atoms with Crippen molar-refractivity contribution >= 4 is 6.09 Å². The molecule has 1 atom stereocenters. The minimum absolute atomic E-state index is 0.189. The van der Waals surface area contributed by atoms with Crippen LogP contribution in [0.15, 0.2) is 18.2 Å². The summed E-state index contributed by atoms with van der Waals surface area (Å²) in [7, 11) is 2.88. The number of carbonyl (C=O) groups excluding carboxylic acids is 1. The van der Waals surface area contributed by atoms with Crippen LogP contribution in [0.4, 0.5) is 4.79 Å². The van der Waals surface area contributed by atoms with Gasteiger partial charge in [0.05, 0.1) is 37.9 Å². The third-order valence-corrected chi connectivity index (χ3v) is 3.37. The Bertz CT molecular complexity index is 572. The lowest BCUT2D eigenvalue weighted by Crippen LogP contribution is -2.42. The number of benzene rings is 1. The van der Waals surface area contributed by atoms with Crippen molar-refractivity contribution in [1.29, 1.82) is 0 Å². The molecule has 0 aliphatic carbocycles. The van der Waals surface area contributed by atoms with Crippen LogP contribution in [0, 0.1) is 10.1 Å². The zero-order valence-corrected chi connectivity index (χ0v) is 12.9. The Hall–Kier alpha value is -2.55. The Morgan fingerprint density at radius 2 is 1.91 bits per heavy atom. The van der Waals surface area contributed by atoms with Crippen molar-refractivity contribution in [2.75, 3.05) is 40.5 Å². The lowest BCUT2D eigenvalue weighted by Gasteiger charge is -2.26. The predicted molar refractivity (Wildman–Crippen MR) is 78.2 cm³/mol. The van der Waals surface area contributed by atoms with E-state index >= 15 is 0 Å². The maximum absolute atomic E-state index is 12.1. The Balaban J connectivity index is 2.17. The Morgan fingerprint density at radius 1 is 1.26 bits per heavy atom.